The summed E-state index contributed by atoms with van der Waals surface area (Å²) in [5.41, 5.74) is 6.67. The number of nitrogens with zero attached hydrogens (tertiary/aromatic N) is 42. The second-order valence-corrected chi connectivity index (χ2v) is 28.4. The number of aryl methyl sites for hydroxylation is 8. The molecule has 18 aromatic rings. The minimum absolute atomic E-state index is 0. The number of tetrazole rings is 6. The summed E-state index contributed by atoms with van der Waals surface area (Å²) in [6, 6.07) is 32.2. The van der Waals surface area contributed by atoms with Gasteiger partial charge >= 0.3 is 34.1 Å². The van der Waals surface area contributed by atoms with Crippen molar-refractivity contribution in [3.8, 4) is 70.2 Å². The fraction of sp³-hybridized carbons (Fsp3) is 0.200. The van der Waals surface area contributed by atoms with E-state index in [2.05, 4.69) is 229 Å². The molecule has 0 spiro atoms. The van der Waals surface area contributed by atoms with Crippen molar-refractivity contribution in [2.45, 2.75) is 59.9 Å². The number of benzene rings is 6. The molecule has 0 amide bonds. The molecule has 0 aliphatic heterocycles. The SMILES string of the molecule is CCc1cccc(-n2nnn(C)c2=O)c1COc1n[c-]ncn1.Cc1cccc(-n2nnn(C)c2=O)c1COc1n[c-]ncn1.Cn1nnn(-c2cccc(Br)c2COc2n[c-]ncn2)c1=O.Cn1nnn(-c2cccc(Cl)c2COc2n[c-]ncn2)c1=O.Cn1nnn(-c2cccc(F)c2COc2n[c-]ncn2)c1=O.Cn1nnn(-c2cccc(I)c2COc2n[c-]ncn2)c1=O.[Y].[Y].[Y].[Y].[Y].[Y]. The topological polar surface area (TPSA) is 604 Å². The molecule has 64 heteroatoms. The van der Waals surface area contributed by atoms with Crippen LogP contribution in [0.5, 0.6) is 36.1 Å². The van der Waals surface area contributed by atoms with E-state index < -0.39 is 17.2 Å². The maximum absolute atomic E-state index is 14.1. The van der Waals surface area contributed by atoms with Crippen LogP contribution in [0.1, 0.15) is 51.4 Å². The quantitative estimate of drug-likeness (QED) is 0.0544. The van der Waals surface area contributed by atoms with Crippen molar-refractivity contribution in [1.82, 2.24) is 208 Å². The Balaban J connectivity index is 0.000000225. The minimum Gasteiger partial charge on any atom is -0.516 e. The molecular formula is C75H62BrClFIN42O12Y6-6. The minimum atomic E-state index is -0.548. The van der Waals surface area contributed by atoms with Crippen LogP contribution in [-0.2, 0) is 285 Å². The van der Waals surface area contributed by atoms with E-state index in [0.717, 1.165) is 75.1 Å². The predicted octanol–water partition coefficient (Wildman–Crippen LogP) is 0.197. The van der Waals surface area contributed by atoms with Crippen molar-refractivity contribution < 1.29 is 229 Å². The standard InChI is InChI=1S/C14H14N7O2.C13H12N7O2.C12H9BrN7O2.C12H9ClN7O2.C12H9FN7O2.C12H9IN7O2.6Y/c1-3-10-5-4-6-12(21-14(22)20(2)18-19-21)11(10)7-23-13-16-8-15-9-17-13;1-9-4-3-5-11(20-13(21)19(2)17-18-20)10(9)6-22-12-15-7-14-8-16-12;4*1-19-12(21)20(18-17-19)10-4-2-3-9(13)8(10)5-22-11-15-6-14-7-16-11;;;;;;/h4-6,8H,3,7H2,1-2H3;3-5,7H,6H2,1-2H3;4*2-4,6H,5H2,1H3;;;;;;/q6*-1;;;;;;. The largest absolute Gasteiger partial charge is 0.516 e. The van der Waals surface area contributed by atoms with E-state index in [4.69, 9.17) is 40.0 Å². The summed E-state index contributed by atoms with van der Waals surface area (Å²) < 4.78 is 62.4. The molecule has 54 nitrogen and oxygen atoms in total. The van der Waals surface area contributed by atoms with Crippen LogP contribution in [0.2, 0.25) is 5.02 Å². The zero-order chi connectivity index (χ0) is 93.9. The van der Waals surface area contributed by atoms with Crippen molar-refractivity contribution in [2.24, 2.45) is 42.3 Å². The van der Waals surface area contributed by atoms with Gasteiger partial charge in [-0.05, 0) is 170 Å². The molecule has 0 aliphatic carbocycles. The van der Waals surface area contributed by atoms with Crippen molar-refractivity contribution in [3.63, 3.8) is 0 Å². The van der Waals surface area contributed by atoms with Crippen LogP contribution >= 0.6 is 50.1 Å². The van der Waals surface area contributed by atoms with E-state index in [1.54, 1.807) is 62.6 Å². The van der Waals surface area contributed by atoms with Gasteiger partial charge in [0, 0.05) is 361 Å². The van der Waals surface area contributed by atoms with Gasteiger partial charge in [0.2, 0.25) is 0 Å². The Labute approximate surface area is 959 Å². The number of aromatic nitrogens is 42. The van der Waals surface area contributed by atoms with Gasteiger partial charge < -0.3 is 118 Å². The Morgan fingerprint density at radius 1 is 0.324 bits per heavy atom. The van der Waals surface area contributed by atoms with Gasteiger partial charge in [-0.25, -0.2) is 33.2 Å². The summed E-state index contributed by atoms with van der Waals surface area (Å²) in [5.74, 6) is -0.548. The molecule has 6 aromatic carbocycles. The molecule has 12 aromatic heterocycles. The van der Waals surface area contributed by atoms with E-state index >= 15 is 0 Å². The molecular weight excluding hydrogens is 2480 g/mol. The summed E-state index contributed by atoms with van der Waals surface area (Å²) in [7, 11) is 9.11. The van der Waals surface area contributed by atoms with Crippen LogP contribution in [0, 0.1) is 54.3 Å². The molecule has 0 saturated heterocycles. The molecule has 0 atom stereocenters. The number of hydrogen-bond acceptors (Lipinski definition) is 42. The van der Waals surface area contributed by atoms with Crippen molar-refractivity contribution >= 4 is 50.1 Å². The first-order valence-corrected chi connectivity index (χ1v) is 40.1. The Hall–Kier alpha value is -10.5. The van der Waals surface area contributed by atoms with Gasteiger partial charge in [-0.1, -0.05) is 83.0 Å². The summed E-state index contributed by atoms with van der Waals surface area (Å²) in [5, 5.41) is 45.5. The summed E-state index contributed by atoms with van der Waals surface area (Å²) in [6.45, 7) is 4.50. The molecule has 0 aliphatic rings. The van der Waals surface area contributed by atoms with Gasteiger partial charge in [0.25, 0.3) is 0 Å². The zero-order valence-corrected chi connectivity index (χ0v) is 95.0. The van der Waals surface area contributed by atoms with Crippen LogP contribution in [0.3, 0.4) is 0 Å². The summed E-state index contributed by atoms with van der Waals surface area (Å²) >= 11 is 11.8. The van der Waals surface area contributed by atoms with Crippen LogP contribution in [0.4, 0.5) is 4.39 Å². The fourth-order valence-electron chi connectivity index (χ4n) is 11.2. The number of rotatable bonds is 25. The Bertz CT molecular complexity index is 6520. The third kappa shape index (κ3) is 30.7. The first-order chi connectivity index (χ1) is 64.5. The van der Waals surface area contributed by atoms with Crippen molar-refractivity contribution in [3.05, 3.63) is 311 Å². The van der Waals surface area contributed by atoms with E-state index in [1.165, 1.54) is 108 Å². The molecule has 6 radical (unpaired) electrons. The van der Waals surface area contributed by atoms with Crippen LogP contribution in [0.15, 0.2) is 180 Å². The maximum atomic E-state index is 14.1. The fourth-order valence-corrected chi connectivity index (χ4v) is 12.5. The number of ether oxygens (including phenoxy) is 6. The van der Waals surface area contributed by atoms with Crippen LogP contribution in [0.25, 0.3) is 34.1 Å². The third-order valence-corrected chi connectivity index (χ3v) is 19.8. The number of halogens is 4. The first-order valence-electron chi connectivity index (χ1n) is 37.9. The van der Waals surface area contributed by atoms with E-state index in [1.807, 2.05) is 56.3 Å². The van der Waals surface area contributed by atoms with E-state index in [0.29, 0.717) is 44.6 Å². The molecule has 0 fully saturated rings. The third-order valence-electron chi connectivity index (χ3n) is 17.7. The molecule has 12 heterocycles. The molecule has 18 rings (SSSR count). The monoisotopic (exact) mass is 2540 g/mol. The maximum Gasteiger partial charge on any atom is 0.368 e. The van der Waals surface area contributed by atoms with Gasteiger partial charge in [-0.2, -0.15) is 56.2 Å². The van der Waals surface area contributed by atoms with Crippen molar-refractivity contribution in [1.29, 1.82) is 0 Å². The molecule has 0 saturated carbocycles. The predicted molar refractivity (Wildman–Crippen MR) is 457 cm³/mol. The van der Waals surface area contributed by atoms with E-state index in [-0.39, 0.29) is 306 Å². The van der Waals surface area contributed by atoms with Gasteiger partial charge in [0.15, 0.2) is 36.1 Å². The smallest absolute Gasteiger partial charge is 0.368 e. The van der Waals surface area contributed by atoms with Crippen LogP contribution < -0.4 is 62.6 Å². The van der Waals surface area contributed by atoms with E-state index in [9.17, 15) is 33.2 Å². The van der Waals surface area contributed by atoms with Crippen LogP contribution in [-0.4, -0.2) is 208 Å². The normalized spacial score (nSPS) is 10.2. The zero-order valence-electron chi connectivity index (χ0n) is 73.5. The first kappa shape index (κ1) is 115. The Morgan fingerprint density at radius 3 is 0.899 bits per heavy atom. The average Bonchev–Trinajstić information content (AvgIpc) is 1.74. The summed E-state index contributed by atoms with van der Waals surface area (Å²) in [4.78, 5) is 139. The second kappa shape index (κ2) is 57.4. The number of hydrogen-bond donors (Lipinski definition) is 0. The summed E-state index contributed by atoms with van der Waals surface area (Å²) in [6.07, 6.45) is 22.7. The molecule has 696 valence electrons. The Kier molecular flexibility index (Phi) is 47.7. The van der Waals surface area contributed by atoms with Gasteiger partial charge in [-0.15, -0.1) is 0 Å². The Morgan fingerprint density at radius 2 is 0.576 bits per heavy atom. The van der Waals surface area contributed by atoms with Crippen molar-refractivity contribution in [2.75, 3.05) is 0 Å². The van der Waals surface area contributed by atoms with Gasteiger partial charge in [0.1, 0.15) is 45.5 Å². The molecule has 139 heavy (non-hydrogen) atoms. The molecule has 0 unspecified atom stereocenters. The van der Waals surface area contributed by atoms with Gasteiger partial charge in [0.05, 0.1) is 34.1 Å². The average molecular weight is 2540 g/mol. The second-order valence-electron chi connectivity index (χ2n) is 26.0. The molecule has 0 N–H and O–H groups in total. The molecule has 0 bridgehead atoms. The van der Waals surface area contributed by atoms with Gasteiger partial charge in [-0.3, -0.25) is 0 Å².